The summed E-state index contributed by atoms with van der Waals surface area (Å²) in [5.74, 6) is -0.00684. The van der Waals surface area contributed by atoms with E-state index in [-0.39, 0.29) is 30.7 Å². The summed E-state index contributed by atoms with van der Waals surface area (Å²) in [7, 11) is 0. The highest BCUT2D eigenvalue weighted by Crippen LogP contribution is 2.29. The number of thiazole rings is 1. The van der Waals surface area contributed by atoms with Gasteiger partial charge in [0.1, 0.15) is 0 Å². The molecule has 0 unspecified atom stereocenters. The van der Waals surface area contributed by atoms with Crippen molar-refractivity contribution >= 4 is 47.2 Å². The van der Waals surface area contributed by atoms with E-state index >= 15 is 0 Å². The number of nitrogens with one attached hydrogen (secondary N) is 1. The highest BCUT2D eigenvalue weighted by Gasteiger charge is 2.17. The number of hydrogen-bond donors (Lipinski definition) is 2. The molecule has 0 saturated carbocycles. The molecule has 0 bridgehead atoms. The van der Waals surface area contributed by atoms with Gasteiger partial charge in [-0.1, -0.05) is 30.3 Å². The number of halogens is 2. The van der Waals surface area contributed by atoms with E-state index in [0.29, 0.717) is 19.6 Å². The molecule has 8 heteroatoms. The number of hydrogen-bond acceptors (Lipinski definition) is 5. The van der Waals surface area contributed by atoms with Gasteiger partial charge in [-0.3, -0.25) is 9.69 Å². The first-order valence-corrected chi connectivity index (χ1v) is 9.81. The monoisotopic (exact) mass is 430 g/mol. The van der Waals surface area contributed by atoms with E-state index in [1.165, 1.54) is 29.0 Å². The lowest BCUT2D eigenvalue weighted by Gasteiger charge is -2.20. The van der Waals surface area contributed by atoms with Crippen molar-refractivity contribution < 1.29 is 4.79 Å². The SMILES string of the molecule is Cl.Cl.NCCN(CCc1ccccc1)CC(=O)Nc1nc2c(s1)CCCC2. The lowest BCUT2D eigenvalue weighted by molar-refractivity contribution is -0.117. The number of amides is 1. The maximum absolute atomic E-state index is 12.4. The Morgan fingerprint density at radius 2 is 1.89 bits per heavy atom. The van der Waals surface area contributed by atoms with Crippen molar-refractivity contribution in [2.45, 2.75) is 32.1 Å². The largest absolute Gasteiger partial charge is 0.329 e. The number of carbonyl (C=O) groups is 1. The van der Waals surface area contributed by atoms with Gasteiger partial charge in [-0.05, 0) is 37.7 Å². The molecule has 3 rings (SSSR count). The predicted molar refractivity (Wildman–Crippen MR) is 118 cm³/mol. The highest BCUT2D eigenvalue weighted by molar-refractivity contribution is 7.15. The average molecular weight is 431 g/mol. The lowest BCUT2D eigenvalue weighted by atomic mass is 10.0. The Kier molecular flexibility index (Phi) is 10.9. The van der Waals surface area contributed by atoms with E-state index in [9.17, 15) is 4.79 Å². The smallest absolute Gasteiger partial charge is 0.240 e. The maximum atomic E-state index is 12.4. The molecule has 0 saturated heterocycles. The molecule has 0 radical (unpaired) electrons. The van der Waals surface area contributed by atoms with Gasteiger partial charge in [-0.2, -0.15) is 0 Å². The molecular formula is C19H28Cl2N4OS. The minimum absolute atomic E-state index is 0. The first kappa shape index (κ1) is 23.9. The summed E-state index contributed by atoms with van der Waals surface area (Å²) in [5.41, 5.74) is 8.16. The molecular weight excluding hydrogens is 403 g/mol. The number of benzene rings is 1. The first-order chi connectivity index (χ1) is 12.2. The molecule has 2 aromatic rings. The van der Waals surface area contributed by atoms with Crippen LogP contribution >= 0.6 is 36.2 Å². The van der Waals surface area contributed by atoms with Gasteiger partial charge in [0.15, 0.2) is 5.13 Å². The van der Waals surface area contributed by atoms with Gasteiger partial charge in [-0.25, -0.2) is 4.98 Å². The predicted octanol–water partition coefficient (Wildman–Crippen LogP) is 3.31. The van der Waals surface area contributed by atoms with Crippen LogP contribution in [0, 0.1) is 0 Å². The fraction of sp³-hybridized carbons (Fsp3) is 0.474. The van der Waals surface area contributed by atoms with Crippen molar-refractivity contribution in [1.29, 1.82) is 0 Å². The normalized spacial score (nSPS) is 12.7. The van der Waals surface area contributed by atoms with Gasteiger partial charge in [-0.15, -0.1) is 36.2 Å². The van der Waals surface area contributed by atoms with E-state index in [1.807, 2.05) is 18.2 Å². The third-order valence-electron chi connectivity index (χ3n) is 4.46. The van der Waals surface area contributed by atoms with Gasteiger partial charge >= 0.3 is 0 Å². The van der Waals surface area contributed by atoms with Crippen molar-refractivity contribution in [2.24, 2.45) is 5.73 Å². The second kappa shape index (κ2) is 12.3. The van der Waals surface area contributed by atoms with Crippen molar-refractivity contribution in [3.63, 3.8) is 0 Å². The molecule has 1 amide bonds. The van der Waals surface area contributed by atoms with Crippen LogP contribution in [0.1, 0.15) is 29.0 Å². The summed E-state index contributed by atoms with van der Waals surface area (Å²) in [5, 5.41) is 3.72. The summed E-state index contributed by atoms with van der Waals surface area (Å²) < 4.78 is 0. The highest BCUT2D eigenvalue weighted by atomic mass is 35.5. The van der Waals surface area contributed by atoms with Gasteiger partial charge in [0, 0.05) is 24.5 Å². The van der Waals surface area contributed by atoms with E-state index in [4.69, 9.17) is 5.73 Å². The van der Waals surface area contributed by atoms with Crippen LogP contribution in [0.5, 0.6) is 0 Å². The molecule has 0 aliphatic heterocycles. The Balaban J connectivity index is 0.00000182. The lowest BCUT2D eigenvalue weighted by Crippen LogP contribution is -2.37. The number of aryl methyl sites for hydroxylation is 2. The van der Waals surface area contributed by atoms with Crippen molar-refractivity contribution in [3.8, 4) is 0 Å². The van der Waals surface area contributed by atoms with Crippen LogP contribution in [0.3, 0.4) is 0 Å². The van der Waals surface area contributed by atoms with Gasteiger partial charge in [0.05, 0.1) is 12.2 Å². The minimum atomic E-state index is -0.00684. The number of fused-ring (bicyclic) bond motifs is 1. The first-order valence-electron chi connectivity index (χ1n) is 8.99. The molecule has 1 aromatic carbocycles. The fourth-order valence-electron chi connectivity index (χ4n) is 3.15. The molecule has 0 spiro atoms. The molecule has 0 fully saturated rings. The Hall–Kier alpha value is -1.18. The van der Waals surface area contributed by atoms with Crippen molar-refractivity contribution in [1.82, 2.24) is 9.88 Å². The van der Waals surface area contributed by atoms with Crippen LogP contribution in [0.4, 0.5) is 5.13 Å². The maximum Gasteiger partial charge on any atom is 0.240 e. The Labute approximate surface area is 177 Å². The van der Waals surface area contributed by atoms with Crippen molar-refractivity contribution in [3.05, 3.63) is 46.5 Å². The van der Waals surface area contributed by atoms with E-state index in [1.54, 1.807) is 11.3 Å². The molecule has 1 aromatic heterocycles. The molecule has 0 atom stereocenters. The summed E-state index contributed by atoms with van der Waals surface area (Å²) >= 11 is 1.63. The van der Waals surface area contributed by atoms with Crippen molar-refractivity contribution in [2.75, 3.05) is 31.5 Å². The third kappa shape index (κ3) is 7.39. The quantitative estimate of drug-likeness (QED) is 0.673. The van der Waals surface area contributed by atoms with Gasteiger partial charge < -0.3 is 11.1 Å². The summed E-state index contributed by atoms with van der Waals surface area (Å²) in [4.78, 5) is 20.4. The zero-order chi connectivity index (χ0) is 17.5. The van der Waals surface area contributed by atoms with E-state index in [2.05, 4.69) is 27.3 Å². The fourth-order valence-corrected chi connectivity index (χ4v) is 4.22. The average Bonchev–Trinajstić information content (AvgIpc) is 3.03. The van der Waals surface area contributed by atoms with Gasteiger partial charge in [0.2, 0.25) is 5.91 Å². The third-order valence-corrected chi connectivity index (χ3v) is 5.54. The summed E-state index contributed by atoms with van der Waals surface area (Å²) in [6, 6.07) is 10.3. The molecule has 27 heavy (non-hydrogen) atoms. The van der Waals surface area contributed by atoms with E-state index in [0.717, 1.165) is 30.9 Å². The second-order valence-corrected chi connectivity index (χ2v) is 7.53. The van der Waals surface area contributed by atoms with Gasteiger partial charge in [0.25, 0.3) is 0 Å². The zero-order valence-corrected chi connectivity index (χ0v) is 17.8. The van der Waals surface area contributed by atoms with Crippen LogP contribution < -0.4 is 11.1 Å². The number of rotatable bonds is 8. The summed E-state index contributed by atoms with van der Waals surface area (Å²) in [6.07, 6.45) is 5.48. The van der Waals surface area contributed by atoms with Crippen LogP contribution in [-0.2, 0) is 24.1 Å². The topological polar surface area (TPSA) is 71.2 Å². The number of aromatic nitrogens is 1. The minimum Gasteiger partial charge on any atom is -0.329 e. The second-order valence-electron chi connectivity index (χ2n) is 6.44. The Morgan fingerprint density at radius 3 is 2.59 bits per heavy atom. The molecule has 1 aliphatic carbocycles. The molecule has 150 valence electrons. The zero-order valence-electron chi connectivity index (χ0n) is 15.4. The number of nitrogens with zero attached hydrogens (tertiary/aromatic N) is 2. The standard InChI is InChI=1S/C19H26N4OS.2ClH/c20-11-13-23(12-10-15-6-2-1-3-7-15)14-18(24)22-19-21-16-8-4-5-9-17(16)25-19;;/h1-3,6-7H,4-5,8-14,20H2,(H,21,22,24);2*1H. The number of carbonyl (C=O) groups excluding carboxylic acids is 1. The van der Waals surface area contributed by atoms with Crippen LogP contribution in [0.15, 0.2) is 30.3 Å². The molecule has 3 N–H and O–H groups in total. The molecule has 5 nitrogen and oxygen atoms in total. The van der Waals surface area contributed by atoms with Crippen LogP contribution in [0.2, 0.25) is 0 Å². The van der Waals surface area contributed by atoms with E-state index < -0.39 is 0 Å². The van der Waals surface area contributed by atoms with Crippen LogP contribution in [0.25, 0.3) is 0 Å². The Bertz CT molecular complexity index is 673. The summed E-state index contributed by atoms with van der Waals surface area (Å²) in [6.45, 7) is 2.44. The Morgan fingerprint density at radius 1 is 1.15 bits per heavy atom. The molecule has 1 heterocycles. The molecule has 1 aliphatic rings. The van der Waals surface area contributed by atoms with Crippen LogP contribution in [-0.4, -0.2) is 42.0 Å². The number of anilines is 1. The number of nitrogens with two attached hydrogens (primary N) is 1.